The van der Waals surface area contributed by atoms with Crippen molar-refractivity contribution in [2.24, 2.45) is 0 Å². The van der Waals surface area contributed by atoms with Crippen molar-refractivity contribution in [3.05, 3.63) is 10.2 Å². The van der Waals surface area contributed by atoms with E-state index in [-0.39, 0.29) is 17.1 Å². The van der Waals surface area contributed by atoms with Crippen molar-refractivity contribution < 1.29 is 4.79 Å². The largest absolute Gasteiger partial charge is 0.616 e. The first-order valence-corrected chi connectivity index (χ1v) is 6.84. The normalized spacial score (nSPS) is 24.9. The second-order valence-electron chi connectivity index (χ2n) is 5.47. The molecule has 18 heavy (non-hydrogen) atoms. The van der Waals surface area contributed by atoms with Gasteiger partial charge in [-0.15, -0.1) is 5.10 Å². The minimum Gasteiger partial charge on any atom is -0.616 e. The first-order valence-electron chi connectivity index (χ1n) is 6.02. The van der Waals surface area contributed by atoms with E-state index >= 15 is 0 Å². The molecule has 2 rings (SSSR count). The maximum absolute atomic E-state index is 12.6. The minimum absolute atomic E-state index is 0.151. The van der Waals surface area contributed by atoms with Gasteiger partial charge in [-0.05, 0) is 18.3 Å². The molecule has 7 heteroatoms. The molecule has 0 bridgehead atoms. The second-order valence-corrected chi connectivity index (χ2v) is 6.42. The second kappa shape index (κ2) is 4.25. The highest BCUT2D eigenvalue weighted by Gasteiger charge is 2.44. The lowest BCUT2D eigenvalue weighted by Crippen LogP contribution is -2.46. The standard InChI is InChI=1S/C11H18N4O2S/c1-5-14-6-7-15(17,10(14)16)9-13-12-8(18-9)11(2,3)4/h5-7H2,1-4H3. The summed E-state index contributed by atoms with van der Waals surface area (Å²) in [6.45, 7) is 9.18. The van der Waals surface area contributed by atoms with Crippen LogP contribution in [0.4, 0.5) is 9.93 Å². The van der Waals surface area contributed by atoms with Crippen LogP contribution in [0, 0.1) is 5.21 Å². The number of quaternary nitrogens is 1. The van der Waals surface area contributed by atoms with Gasteiger partial charge in [-0.1, -0.05) is 25.9 Å². The van der Waals surface area contributed by atoms with Gasteiger partial charge in [0.05, 0.1) is 6.54 Å². The smallest absolute Gasteiger partial charge is 0.426 e. The maximum Gasteiger partial charge on any atom is 0.426 e. The molecule has 1 fully saturated rings. The van der Waals surface area contributed by atoms with Crippen LogP contribution in [0.15, 0.2) is 0 Å². The molecule has 1 aliphatic heterocycles. The summed E-state index contributed by atoms with van der Waals surface area (Å²) in [5.74, 6) is 0. The van der Waals surface area contributed by atoms with E-state index in [0.717, 1.165) is 5.01 Å². The van der Waals surface area contributed by atoms with Gasteiger partial charge in [0.1, 0.15) is 11.6 Å². The molecule has 0 radical (unpaired) electrons. The Labute approximate surface area is 110 Å². The summed E-state index contributed by atoms with van der Waals surface area (Å²) < 4.78 is -0.985. The zero-order valence-corrected chi connectivity index (χ0v) is 12.0. The predicted octanol–water partition coefficient (Wildman–Crippen LogP) is 2.10. The summed E-state index contributed by atoms with van der Waals surface area (Å²) in [4.78, 5) is 13.6. The van der Waals surface area contributed by atoms with Crippen LogP contribution in [0.2, 0.25) is 0 Å². The lowest BCUT2D eigenvalue weighted by Gasteiger charge is -2.30. The third-order valence-corrected chi connectivity index (χ3v) is 4.46. The van der Waals surface area contributed by atoms with Gasteiger partial charge >= 0.3 is 11.2 Å². The van der Waals surface area contributed by atoms with Crippen LogP contribution in [0.5, 0.6) is 0 Å². The van der Waals surface area contributed by atoms with E-state index in [2.05, 4.69) is 10.2 Å². The predicted molar refractivity (Wildman–Crippen MR) is 71.3 cm³/mol. The van der Waals surface area contributed by atoms with Gasteiger partial charge < -0.3 is 5.21 Å². The van der Waals surface area contributed by atoms with Gasteiger partial charge in [-0.2, -0.15) is 0 Å². The van der Waals surface area contributed by atoms with Crippen molar-refractivity contribution in [1.29, 1.82) is 0 Å². The number of likely N-dealkylation sites (N-methyl/N-ethyl adjacent to an activating group) is 1. The highest BCUT2D eigenvalue weighted by atomic mass is 32.1. The molecule has 1 unspecified atom stereocenters. The van der Waals surface area contributed by atoms with E-state index in [9.17, 15) is 10.0 Å². The molecule has 1 aliphatic rings. The number of carbonyl (C=O) groups excluding carboxylic acids is 1. The molecule has 2 heterocycles. The van der Waals surface area contributed by atoms with Crippen molar-refractivity contribution in [1.82, 2.24) is 19.7 Å². The van der Waals surface area contributed by atoms with Gasteiger partial charge in [0.15, 0.2) is 0 Å². The Bertz CT molecular complexity index is 468. The highest BCUT2D eigenvalue weighted by Crippen LogP contribution is 2.35. The number of carbonyl (C=O) groups is 1. The monoisotopic (exact) mass is 270 g/mol. The minimum atomic E-state index is -0.985. The SMILES string of the molecule is CCN1CC[N+]([O-])(c2nnc(C(C)(C)C)s2)C1=O. The number of amides is 2. The van der Waals surface area contributed by atoms with Crippen LogP contribution in [0.3, 0.4) is 0 Å². The average molecular weight is 270 g/mol. The summed E-state index contributed by atoms with van der Waals surface area (Å²) in [6.07, 6.45) is 0. The summed E-state index contributed by atoms with van der Waals surface area (Å²) in [5, 5.41) is 21.6. The average Bonchev–Trinajstić information content (AvgIpc) is 2.86. The lowest BCUT2D eigenvalue weighted by molar-refractivity contribution is 0.204. The van der Waals surface area contributed by atoms with Crippen LogP contribution >= 0.6 is 11.3 Å². The Balaban J connectivity index is 2.32. The number of aromatic nitrogens is 2. The van der Waals surface area contributed by atoms with E-state index in [0.29, 0.717) is 13.1 Å². The molecule has 0 aliphatic carbocycles. The number of hydrogen-bond donors (Lipinski definition) is 0. The summed E-state index contributed by atoms with van der Waals surface area (Å²) in [6, 6.07) is -0.422. The van der Waals surface area contributed by atoms with E-state index in [1.165, 1.54) is 11.3 Å². The molecule has 0 saturated carbocycles. The Morgan fingerprint density at radius 3 is 2.56 bits per heavy atom. The number of nitrogens with zero attached hydrogens (tertiary/aromatic N) is 4. The van der Waals surface area contributed by atoms with Crippen LogP contribution in [-0.2, 0) is 5.41 Å². The highest BCUT2D eigenvalue weighted by molar-refractivity contribution is 7.15. The topological polar surface area (TPSA) is 69.2 Å². The van der Waals surface area contributed by atoms with Crippen molar-refractivity contribution in [3.8, 4) is 0 Å². The molecule has 2 amide bonds. The Morgan fingerprint density at radius 1 is 1.44 bits per heavy atom. The van der Waals surface area contributed by atoms with Crippen molar-refractivity contribution in [3.63, 3.8) is 0 Å². The number of hydroxylamine groups is 2. The Kier molecular flexibility index (Phi) is 3.16. The summed E-state index contributed by atoms with van der Waals surface area (Å²) >= 11 is 1.24. The van der Waals surface area contributed by atoms with Crippen LogP contribution in [0.1, 0.15) is 32.7 Å². The Morgan fingerprint density at radius 2 is 2.11 bits per heavy atom. The first-order chi connectivity index (χ1) is 8.29. The van der Waals surface area contributed by atoms with Crippen LogP contribution < -0.4 is 4.65 Å². The van der Waals surface area contributed by atoms with Crippen LogP contribution in [0.25, 0.3) is 0 Å². The molecule has 6 nitrogen and oxygen atoms in total. The molecule has 1 atom stereocenters. The lowest BCUT2D eigenvalue weighted by atomic mass is 9.98. The Hall–Kier alpha value is -1.05. The number of rotatable bonds is 2. The van der Waals surface area contributed by atoms with Crippen molar-refractivity contribution in [2.45, 2.75) is 33.1 Å². The van der Waals surface area contributed by atoms with Crippen molar-refractivity contribution in [2.75, 3.05) is 19.6 Å². The number of urea groups is 1. The van der Waals surface area contributed by atoms with Gasteiger partial charge in [-0.3, -0.25) is 4.90 Å². The summed E-state index contributed by atoms with van der Waals surface area (Å²) in [7, 11) is 0. The number of hydrogen-bond acceptors (Lipinski definition) is 5. The van der Waals surface area contributed by atoms with E-state index in [4.69, 9.17) is 0 Å². The zero-order valence-electron chi connectivity index (χ0n) is 11.1. The molecule has 0 spiro atoms. The van der Waals surface area contributed by atoms with Crippen LogP contribution in [-0.4, -0.2) is 40.8 Å². The van der Waals surface area contributed by atoms with Gasteiger partial charge in [0.2, 0.25) is 0 Å². The molecular formula is C11H18N4O2S. The fourth-order valence-electron chi connectivity index (χ4n) is 1.82. The molecule has 1 aromatic rings. The first kappa shape index (κ1) is 13.4. The third-order valence-electron chi connectivity index (χ3n) is 3.01. The fraction of sp³-hybridized carbons (Fsp3) is 0.727. The summed E-state index contributed by atoms with van der Waals surface area (Å²) in [5.41, 5.74) is -0.151. The fourth-order valence-corrected chi connectivity index (χ4v) is 2.78. The van der Waals surface area contributed by atoms with Gasteiger partial charge in [-0.25, -0.2) is 9.44 Å². The van der Waals surface area contributed by atoms with Gasteiger partial charge in [0.25, 0.3) is 0 Å². The molecule has 1 saturated heterocycles. The van der Waals surface area contributed by atoms with Gasteiger partial charge in [0, 0.05) is 12.0 Å². The zero-order chi connectivity index (χ0) is 13.6. The third kappa shape index (κ3) is 2.02. The van der Waals surface area contributed by atoms with E-state index < -0.39 is 10.7 Å². The molecule has 0 N–H and O–H groups in total. The van der Waals surface area contributed by atoms with E-state index in [1.54, 1.807) is 4.90 Å². The maximum atomic E-state index is 12.6. The molecule has 1 aromatic heterocycles. The van der Waals surface area contributed by atoms with E-state index in [1.807, 2.05) is 27.7 Å². The molecule has 0 aromatic carbocycles. The van der Waals surface area contributed by atoms with Crippen molar-refractivity contribution >= 4 is 22.5 Å². The quantitative estimate of drug-likeness (QED) is 0.609. The molecular weight excluding hydrogens is 252 g/mol. The molecule has 100 valence electrons.